The predicted octanol–water partition coefficient (Wildman–Crippen LogP) is 6.57. The van der Waals surface area contributed by atoms with Gasteiger partial charge in [-0.2, -0.15) is 0 Å². The van der Waals surface area contributed by atoms with E-state index < -0.39 is 15.9 Å². The summed E-state index contributed by atoms with van der Waals surface area (Å²) < 4.78 is 25.9. The molecule has 0 radical (unpaired) electrons. The van der Waals surface area contributed by atoms with E-state index in [-0.39, 0.29) is 26.4 Å². The number of hydrogen-bond acceptors (Lipinski definition) is 3. The van der Waals surface area contributed by atoms with E-state index in [1.165, 1.54) is 6.07 Å². The van der Waals surface area contributed by atoms with Crippen LogP contribution in [0.3, 0.4) is 0 Å². The number of aryl methyl sites for hydroxylation is 1. The highest BCUT2D eigenvalue weighted by Gasteiger charge is 2.19. The Hall–Kier alpha value is -2.25. The van der Waals surface area contributed by atoms with E-state index in [1.54, 1.807) is 61.5 Å². The van der Waals surface area contributed by atoms with Gasteiger partial charge in [-0.05, 0) is 54.4 Å². The van der Waals surface area contributed by atoms with Crippen LogP contribution < -0.4 is 10.6 Å². The third-order valence-corrected chi connectivity index (χ3v) is 6.96. The Labute approximate surface area is 189 Å². The highest BCUT2D eigenvalue weighted by Crippen LogP contribution is 2.30. The van der Waals surface area contributed by atoms with Gasteiger partial charge in [-0.1, -0.05) is 59.1 Å². The number of benzene rings is 3. The van der Waals surface area contributed by atoms with Crippen LogP contribution >= 0.6 is 34.8 Å². The summed E-state index contributed by atoms with van der Waals surface area (Å²) in [5.41, 5.74) is 1.77. The fourth-order valence-electron chi connectivity index (χ4n) is 2.78. The van der Waals surface area contributed by atoms with Gasteiger partial charge >= 0.3 is 6.03 Å². The van der Waals surface area contributed by atoms with Crippen LogP contribution in [0.4, 0.5) is 16.2 Å². The number of halogens is 3. The molecule has 5 nitrogen and oxygen atoms in total. The van der Waals surface area contributed by atoms with Gasteiger partial charge in [0.15, 0.2) is 9.84 Å². The number of carbonyl (C=O) groups is 1. The number of sulfone groups is 1. The molecule has 0 atom stereocenters. The van der Waals surface area contributed by atoms with Crippen LogP contribution in [0.1, 0.15) is 11.1 Å². The van der Waals surface area contributed by atoms with Crippen molar-refractivity contribution in [2.24, 2.45) is 0 Å². The second-order valence-corrected chi connectivity index (χ2v) is 9.75. The van der Waals surface area contributed by atoms with Crippen LogP contribution in [-0.4, -0.2) is 14.4 Å². The minimum Gasteiger partial charge on any atom is -0.308 e. The van der Waals surface area contributed by atoms with Crippen LogP contribution in [0.5, 0.6) is 0 Å². The summed E-state index contributed by atoms with van der Waals surface area (Å²) in [5, 5.41) is 6.28. The number of para-hydroxylation sites is 1. The molecule has 30 heavy (non-hydrogen) atoms. The van der Waals surface area contributed by atoms with E-state index in [2.05, 4.69) is 10.6 Å². The lowest BCUT2D eigenvalue weighted by molar-refractivity contribution is 0.262. The van der Waals surface area contributed by atoms with E-state index in [1.807, 2.05) is 0 Å². The molecule has 0 saturated heterocycles. The third kappa shape index (κ3) is 5.46. The van der Waals surface area contributed by atoms with Crippen molar-refractivity contribution in [3.05, 3.63) is 86.9 Å². The molecule has 9 heteroatoms. The lowest BCUT2D eigenvalue weighted by Gasteiger charge is -2.13. The number of urea groups is 1. The smallest absolute Gasteiger partial charge is 0.308 e. The molecule has 0 fully saturated rings. The molecule has 3 rings (SSSR count). The van der Waals surface area contributed by atoms with Crippen molar-refractivity contribution in [2.75, 3.05) is 10.6 Å². The molecular weight excluding hydrogens is 467 g/mol. The topological polar surface area (TPSA) is 75.3 Å². The van der Waals surface area contributed by atoms with Crippen LogP contribution in [0, 0.1) is 6.92 Å². The standard InChI is InChI=1S/C21H17Cl3N2O3S/c1-13-5-10-16(25-21(27)26-20-17(23)3-2-4-18(20)24)11-19(13)30(28,29)12-14-6-8-15(22)9-7-14/h2-11H,12H2,1H3,(H2,25,26,27). The molecular formula is C21H17Cl3N2O3S. The summed E-state index contributed by atoms with van der Waals surface area (Å²) in [7, 11) is -3.64. The van der Waals surface area contributed by atoms with Crippen molar-refractivity contribution in [3.8, 4) is 0 Å². The van der Waals surface area contributed by atoms with Crippen LogP contribution in [0.25, 0.3) is 0 Å². The average Bonchev–Trinajstić information content (AvgIpc) is 2.68. The molecule has 2 amide bonds. The maximum Gasteiger partial charge on any atom is 0.323 e. The van der Waals surface area contributed by atoms with Crippen molar-refractivity contribution in [3.63, 3.8) is 0 Å². The van der Waals surface area contributed by atoms with E-state index in [0.29, 0.717) is 21.8 Å². The highest BCUT2D eigenvalue weighted by atomic mass is 35.5. The van der Waals surface area contributed by atoms with Gasteiger partial charge in [-0.3, -0.25) is 0 Å². The van der Waals surface area contributed by atoms with Gasteiger partial charge in [-0.25, -0.2) is 13.2 Å². The predicted molar refractivity (Wildman–Crippen MR) is 123 cm³/mol. The van der Waals surface area contributed by atoms with Gasteiger partial charge in [0.25, 0.3) is 0 Å². The van der Waals surface area contributed by atoms with Gasteiger partial charge in [-0.15, -0.1) is 0 Å². The summed E-state index contributed by atoms with van der Waals surface area (Å²) in [5.74, 6) is -0.185. The Morgan fingerprint density at radius 3 is 2.17 bits per heavy atom. The van der Waals surface area contributed by atoms with Gasteiger partial charge in [0.1, 0.15) is 0 Å². The molecule has 0 saturated carbocycles. The number of rotatable bonds is 5. The molecule has 0 aromatic heterocycles. The molecule has 3 aromatic rings. The number of carbonyl (C=O) groups excluding carboxylic acids is 1. The maximum atomic E-state index is 12.9. The molecule has 0 unspecified atom stereocenters. The minimum absolute atomic E-state index is 0.131. The van der Waals surface area contributed by atoms with E-state index in [0.717, 1.165) is 0 Å². The molecule has 0 aliphatic heterocycles. The van der Waals surface area contributed by atoms with Crippen molar-refractivity contribution >= 4 is 62.0 Å². The molecule has 156 valence electrons. The Kier molecular flexibility index (Phi) is 6.93. The lowest BCUT2D eigenvalue weighted by Crippen LogP contribution is -2.20. The van der Waals surface area contributed by atoms with Gasteiger partial charge in [0.05, 0.1) is 26.4 Å². The monoisotopic (exact) mass is 482 g/mol. The highest BCUT2D eigenvalue weighted by molar-refractivity contribution is 7.90. The van der Waals surface area contributed by atoms with Crippen LogP contribution in [-0.2, 0) is 15.6 Å². The van der Waals surface area contributed by atoms with Gasteiger partial charge in [0, 0.05) is 10.7 Å². The SMILES string of the molecule is Cc1ccc(NC(=O)Nc2c(Cl)cccc2Cl)cc1S(=O)(=O)Cc1ccc(Cl)cc1. The third-order valence-electron chi connectivity index (χ3n) is 4.25. The summed E-state index contributed by atoms with van der Waals surface area (Å²) in [6.07, 6.45) is 0. The second kappa shape index (κ2) is 9.27. The lowest BCUT2D eigenvalue weighted by atomic mass is 10.2. The first-order valence-electron chi connectivity index (χ1n) is 8.75. The zero-order valence-corrected chi connectivity index (χ0v) is 18.8. The number of hydrogen-bond donors (Lipinski definition) is 2. The van der Waals surface area contributed by atoms with Gasteiger partial charge in [0.2, 0.25) is 0 Å². The first kappa shape index (κ1) is 22.4. The van der Waals surface area contributed by atoms with E-state index in [4.69, 9.17) is 34.8 Å². The molecule has 0 spiro atoms. The molecule has 0 aliphatic rings. The summed E-state index contributed by atoms with van der Waals surface area (Å²) in [6.45, 7) is 1.70. The Balaban J connectivity index is 1.80. The molecule has 0 bridgehead atoms. The Morgan fingerprint density at radius 2 is 1.53 bits per heavy atom. The number of amides is 2. The van der Waals surface area contributed by atoms with Crippen molar-refractivity contribution in [1.29, 1.82) is 0 Å². The zero-order chi connectivity index (χ0) is 21.9. The second-order valence-electron chi connectivity index (χ2n) is 6.54. The molecule has 0 heterocycles. The quantitative estimate of drug-likeness (QED) is 0.431. The summed E-state index contributed by atoms with van der Waals surface area (Å²) in [4.78, 5) is 12.5. The fraction of sp³-hybridized carbons (Fsp3) is 0.0952. The Morgan fingerprint density at radius 1 is 0.900 bits per heavy atom. The zero-order valence-electron chi connectivity index (χ0n) is 15.7. The number of nitrogens with one attached hydrogen (secondary N) is 2. The van der Waals surface area contributed by atoms with Crippen molar-refractivity contribution in [1.82, 2.24) is 0 Å². The van der Waals surface area contributed by atoms with E-state index >= 15 is 0 Å². The fourth-order valence-corrected chi connectivity index (χ4v) is 5.05. The van der Waals surface area contributed by atoms with Crippen molar-refractivity contribution < 1.29 is 13.2 Å². The number of anilines is 2. The van der Waals surface area contributed by atoms with Crippen LogP contribution in [0.2, 0.25) is 15.1 Å². The summed E-state index contributed by atoms with van der Waals surface area (Å²) in [6, 6.07) is 15.5. The average molecular weight is 484 g/mol. The van der Waals surface area contributed by atoms with Crippen LogP contribution in [0.15, 0.2) is 65.6 Å². The largest absolute Gasteiger partial charge is 0.323 e. The first-order valence-corrected chi connectivity index (χ1v) is 11.5. The molecule has 0 aliphatic carbocycles. The molecule has 2 N–H and O–H groups in total. The maximum absolute atomic E-state index is 12.9. The first-order chi connectivity index (χ1) is 14.2. The van der Waals surface area contributed by atoms with Crippen molar-refractivity contribution in [2.45, 2.75) is 17.6 Å². The minimum atomic E-state index is -3.64. The van der Waals surface area contributed by atoms with Gasteiger partial charge < -0.3 is 10.6 Å². The van der Waals surface area contributed by atoms with E-state index in [9.17, 15) is 13.2 Å². The Bertz CT molecular complexity index is 1180. The molecule has 3 aromatic carbocycles. The normalized spacial score (nSPS) is 11.2. The summed E-state index contributed by atoms with van der Waals surface area (Å²) >= 11 is 18.0.